The van der Waals surface area contributed by atoms with Gasteiger partial charge in [-0.2, -0.15) is 0 Å². The molecule has 136 valence electrons. The molecule has 0 aromatic heterocycles. The highest BCUT2D eigenvalue weighted by Gasteiger charge is 2.50. The van der Waals surface area contributed by atoms with Crippen molar-refractivity contribution in [1.82, 2.24) is 4.90 Å². The largest absolute Gasteiger partial charge is 0.373 e. The van der Waals surface area contributed by atoms with Gasteiger partial charge < -0.3 is 5.11 Å². The monoisotopic (exact) mass is 339 g/mol. The Morgan fingerprint density at radius 3 is 2.24 bits per heavy atom. The summed E-state index contributed by atoms with van der Waals surface area (Å²) in [6.45, 7) is 5.30. The summed E-state index contributed by atoms with van der Waals surface area (Å²) >= 11 is 0. The van der Waals surface area contributed by atoms with Crippen molar-refractivity contribution in [1.29, 1.82) is 0 Å². The molecule has 1 N–H and O–H groups in total. The van der Waals surface area contributed by atoms with Crippen molar-refractivity contribution in [3.63, 3.8) is 0 Å². The third kappa shape index (κ3) is 3.94. The molecule has 1 aliphatic carbocycles. The number of rotatable bonds is 4. The smallest absolute Gasteiger partial charge is 0.156 e. The molecule has 3 rings (SSSR count). The lowest BCUT2D eigenvalue weighted by Gasteiger charge is -2.42. The van der Waals surface area contributed by atoms with Crippen molar-refractivity contribution in [2.24, 2.45) is 5.41 Å². The van der Waals surface area contributed by atoms with Crippen molar-refractivity contribution in [3.8, 4) is 11.8 Å². The second-order valence-electron chi connectivity index (χ2n) is 7.91. The molecule has 0 amide bonds. The molecule has 2 nitrogen and oxygen atoms in total. The maximum atomic E-state index is 11.8. The van der Waals surface area contributed by atoms with Gasteiger partial charge in [-0.05, 0) is 50.8 Å². The van der Waals surface area contributed by atoms with E-state index in [2.05, 4.69) is 35.8 Å². The first-order valence-corrected chi connectivity index (χ1v) is 10.2. The Morgan fingerprint density at radius 2 is 1.64 bits per heavy atom. The van der Waals surface area contributed by atoms with Gasteiger partial charge in [-0.3, -0.25) is 4.90 Å². The van der Waals surface area contributed by atoms with Gasteiger partial charge in [0.15, 0.2) is 5.60 Å². The fraction of sp³-hybridized carbons (Fsp3) is 0.652. The SMILES string of the molecule is CCC1([C@](O)(C#CCN2CCCCCC2)c2ccccc2)CCCC1. The number of nitrogens with zero attached hydrogens (tertiary/aromatic N) is 1. The zero-order chi connectivity index (χ0) is 17.6. The molecule has 0 unspecified atom stereocenters. The minimum absolute atomic E-state index is 0.0971. The maximum absolute atomic E-state index is 11.8. The van der Waals surface area contributed by atoms with E-state index in [1.807, 2.05) is 18.2 Å². The van der Waals surface area contributed by atoms with E-state index >= 15 is 0 Å². The predicted molar refractivity (Wildman–Crippen MR) is 104 cm³/mol. The van der Waals surface area contributed by atoms with Crippen LogP contribution in [0.2, 0.25) is 0 Å². The minimum Gasteiger partial charge on any atom is -0.373 e. The van der Waals surface area contributed by atoms with Gasteiger partial charge in [0.2, 0.25) is 0 Å². The minimum atomic E-state index is -1.02. The first-order chi connectivity index (χ1) is 12.2. The molecule has 2 aliphatic rings. The average Bonchev–Trinajstić information content (AvgIpc) is 3.01. The highest BCUT2D eigenvalue weighted by atomic mass is 16.3. The molecule has 1 saturated carbocycles. The molecule has 0 spiro atoms. The lowest BCUT2D eigenvalue weighted by atomic mass is 9.65. The number of likely N-dealkylation sites (tertiary alicyclic amines) is 1. The van der Waals surface area contributed by atoms with Crippen LogP contribution in [0.3, 0.4) is 0 Å². The zero-order valence-corrected chi connectivity index (χ0v) is 15.8. The molecular weight excluding hydrogens is 306 g/mol. The van der Waals surface area contributed by atoms with E-state index < -0.39 is 5.60 Å². The maximum Gasteiger partial charge on any atom is 0.156 e. The summed E-state index contributed by atoms with van der Waals surface area (Å²) in [6.07, 6.45) is 10.8. The fourth-order valence-corrected chi connectivity index (χ4v) is 4.79. The van der Waals surface area contributed by atoms with E-state index in [1.54, 1.807) is 0 Å². The van der Waals surface area contributed by atoms with Crippen molar-refractivity contribution in [2.75, 3.05) is 19.6 Å². The predicted octanol–water partition coefficient (Wildman–Crippen LogP) is 4.72. The van der Waals surface area contributed by atoms with Crippen molar-refractivity contribution in [3.05, 3.63) is 35.9 Å². The van der Waals surface area contributed by atoms with Crippen LogP contribution in [0.1, 0.15) is 70.3 Å². The van der Waals surface area contributed by atoms with Crippen LogP contribution in [0.15, 0.2) is 30.3 Å². The van der Waals surface area contributed by atoms with Crippen LogP contribution in [0, 0.1) is 17.3 Å². The summed E-state index contributed by atoms with van der Waals surface area (Å²) in [5.41, 5.74) is -0.145. The molecule has 25 heavy (non-hydrogen) atoms. The summed E-state index contributed by atoms with van der Waals surface area (Å²) in [5, 5.41) is 11.8. The van der Waals surface area contributed by atoms with Crippen molar-refractivity contribution < 1.29 is 5.11 Å². The molecule has 1 heterocycles. The van der Waals surface area contributed by atoms with E-state index in [0.29, 0.717) is 0 Å². The third-order valence-electron chi connectivity index (χ3n) is 6.47. The van der Waals surface area contributed by atoms with Crippen molar-refractivity contribution >= 4 is 0 Å². The Bertz CT molecular complexity index is 586. The first kappa shape index (κ1) is 18.5. The van der Waals surface area contributed by atoms with E-state index in [1.165, 1.54) is 38.5 Å². The highest BCUT2D eigenvalue weighted by molar-refractivity contribution is 5.36. The van der Waals surface area contributed by atoms with Crippen molar-refractivity contribution in [2.45, 2.75) is 70.3 Å². The van der Waals surface area contributed by atoms with Crippen LogP contribution in [0.25, 0.3) is 0 Å². The first-order valence-electron chi connectivity index (χ1n) is 10.2. The Kier molecular flexibility index (Phi) is 6.20. The molecule has 1 aliphatic heterocycles. The van der Waals surface area contributed by atoms with Gasteiger partial charge in [-0.25, -0.2) is 0 Å². The van der Waals surface area contributed by atoms with E-state index in [-0.39, 0.29) is 5.41 Å². The number of hydrogen-bond acceptors (Lipinski definition) is 2. The summed E-state index contributed by atoms with van der Waals surface area (Å²) in [6, 6.07) is 10.2. The molecule has 2 fully saturated rings. The number of benzene rings is 1. The molecule has 1 aromatic rings. The molecule has 0 radical (unpaired) electrons. The standard InChI is InChI=1S/C23H33NO/c1-2-22(15-8-9-16-22)23(25,21-13-6-5-7-14-21)17-12-20-24-18-10-3-4-11-19-24/h5-7,13-14,25H,2-4,8-11,15-16,18-20H2,1H3/t23-/m0/s1. The number of aliphatic hydroxyl groups is 1. The topological polar surface area (TPSA) is 23.5 Å². The van der Waals surface area contributed by atoms with Gasteiger partial charge >= 0.3 is 0 Å². The van der Waals surface area contributed by atoms with Gasteiger partial charge in [0, 0.05) is 5.41 Å². The lowest BCUT2D eigenvalue weighted by molar-refractivity contribution is -0.0422. The molecule has 1 atom stereocenters. The zero-order valence-electron chi connectivity index (χ0n) is 15.8. The van der Waals surface area contributed by atoms with Crippen LogP contribution >= 0.6 is 0 Å². The Hall–Kier alpha value is -1.30. The average molecular weight is 340 g/mol. The molecule has 2 heteroatoms. The van der Waals surface area contributed by atoms with Crippen LogP contribution in [-0.2, 0) is 5.60 Å². The Labute approximate surface area is 153 Å². The lowest BCUT2D eigenvalue weighted by Crippen LogP contribution is -2.43. The van der Waals surface area contributed by atoms with Gasteiger partial charge in [-0.1, -0.05) is 74.8 Å². The van der Waals surface area contributed by atoms with Crippen LogP contribution in [-0.4, -0.2) is 29.6 Å². The van der Waals surface area contributed by atoms with Crippen LogP contribution in [0.4, 0.5) is 0 Å². The summed E-state index contributed by atoms with van der Waals surface area (Å²) in [4.78, 5) is 2.46. The Morgan fingerprint density at radius 1 is 1.00 bits per heavy atom. The van der Waals surface area contributed by atoms with E-state index in [4.69, 9.17) is 0 Å². The van der Waals surface area contributed by atoms with Gasteiger partial charge in [0.05, 0.1) is 6.54 Å². The van der Waals surface area contributed by atoms with Crippen LogP contribution < -0.4 is 0 Å². The normalized spacial score (nSPS) is 23.3. The molecular formula is C23H33NO. The quantitative estimate of drug-likeness (QED) is 0.802. The second kappa shape index (κ2) is 8.39. The highest BCUT2D eigenvalue weighted by Crippen LogP contribution is 2.53. The van der Waals surface area contributed by atoms with E-state index in [0.717, 1.165) is 44.5 Å². The second-order valence-corrected chi connectivity index (χ2v) is 7.91. The van der Waals surface area contributed by atoms with Gasteiger partial charge in [0.1, 0.15) is 0 Å². The van der Waals surface area contributed by atoms with Crippen LogP contribution in [0.5, 0.6) is 0 Å². The Balaban J connectivity index is 1.86. The molecule has 0 bridgehead atoms. The third-order valence-corrected chi connectivity index (χ3v) is 6.47. The molecule has 1 saturated heterocycles. The summed E-state index contributed by atoms with van der Waals surface area (Å²) < 4.78 is 0. The van der Waals surface area contributed by atoms with Gasteiger partial charge in [0.25, 0.3) is 0 Å². The fourth-order valence-electron chi connectivity index (χ4n) is 4.79. The number of hydrogen-bond donors (Lipinski definition) is 1. The molecule has 1 aromatic carbocycles. The van der Waals surface area contributed by atoms with E-state index in [9.17, 15) is 5.11 Å². The summed E-state index contributed by atoms with van der Waals surface area (Å²) in [5.74, 6) is 6.76. The van der Waals surface area contributed by atoms with Gasteiger partial charge in [-0.15, -0.1) is 0 Å². The summed E-state index contributed by atoms with van der Waals surface area (Å²) in [7, 11) is 0.